The molecule has 0 bridgehead atoms. The van der Waals surface area contributed by atoms with E-state index in [2.05, 4.69) is 10.4 Å². The fourth-order valence-electron chi connectivity index (χ4n) is 4.08. The molecular weight excluding hydrogens is 290 g/mol. The van der Waals surface area contributed by atoms with Crippen LogP contribution in [0.25, 0.3) is 0 Å². The minimum atomic E-state index is -0.812. The first-order valence-corrected chi connectivity index (χ1v) is 9.12. The molecule has 2 N–H and O–H groups in total. The van der Waals surface area contributed by atoms with Gasteiger partial charge in [-0.15, -0.1) is 0 Å². The fourth-order valence-corrected chi connectivity index (χ4v) is 4.08. The summed E-state index contributed by atoms with van der Waals surface area (Å²) in [6, 6.07) is 2.01. The second kappa shape index (κ2) is 7.04. The number of aliphatic hydroxyl groups is 1. The van der Waals surface area contributed by atoms with Crippen LogP contribution in [0.1, 0.15) is 82.2 Å². The Hall–Kier alpha value is -1.36. The number of hydrogen-bond acceptors (Lipinski definition) is 3. The quantitative estimate of drug-likeness (QED) is 0.892. The van der Waals surface area contributed by atoms with Crippen LogP contribution in [0.5, 0.6) is 0 Å². The average molecular weight is 319 g/mol. The van der Waals surface area contributed by atoms with Crippen LogP contribution in [0.2, 0.25) is 0 Å². The molecule has 2 fully saturated rings. The van der Waals surface area contributed by atoms with Crippen molar-refractivity contribution in [1.29, 1.82) is 0 Å². The molecular formula is C18H29N3O2. The number of amides is 1. The van der Waals surface area contributed by atoms with Crippen molar-refractivity contribution in [3.63, 3.8) is 0 Å². The molecule has 3 rings (SSSR count). The Morgan fingerprint density at radius 2 is 1.91 bits per heavy atom. The maximum Gasteiger partial charge on any atom is 0.228 e. The normalized spacial score (nSPS) is 22.0. The van der Waals surface area contributed by atoms with E-state index in [0.717, 1.165) is 43.6 Å². The van der Waals surface area contributed by atoms with Gasteiger partial charge in [0, 0.05) is 19.0 Å². The lowest BCUT2D eigenvalue weighted by Crippen LogP contribution is -2.36. The van der Waals surface area contributed by atoms with E-state index in [9.17, 15) is 9.90 Å². The average Bonchev–Trinajstić information content (AvgIpc) is 2.89. The molecule has 23 heavy (non-hydrogen) atoms. The molecule has 0 spiro atoms. The number of nitrogens with zero attached hydrogens (tertiary/aromatic N) is 2. The van der Waals surface area contributed by atoms with Crippen molar-refractivity contribution in [3.8, 4) is 0 Å². The van der Waals surface area contributed by atoms with Gasteiger partial charge in [0.25, 0.3) is 0 Å². The van der Waals surface area contributed by atoms with Gasteiger partial charge in [-0.05, 0) is 25.7 Å². The van der Waals surface area contributed by atoms with E-state index >= 15 is 0 Å². The first kappa shape index (κ1) is 16.5. The molecule has 5 nitrogen and oxygen atoms in total. The van der Waals surface area contributed by atoms with Gasteiger partial charge in [0.05, 0.1) is 17.7 Å². The number of carbonyl (C=O) groups is 1. The van der Waals surface area contributed by atoms with E-state index in [1.54, 1.807) is 4.68 Å². The van der Waals surface area contributed by atoms with Crippen LogP contribution >= 0.6 is 0 Å². The molecule has 2 aliphatic rings. The monoisotopic (exact) mass is 319 g/mol. The van der Waals surface area contributed by atoms with E-state index in [4.69, 9.17) is 0 Å². The number of aryl methyl sites for hydroxylation is 1. The lowest BCUT2D eigenvalue weighted by Gasteiger charge is -2.31. The van der Waals surface area contributed by atoms with Crippen LogP contribution in [-0.4, -0.2) is 26.4 Å². The zero-order valence-corrected chi connectivity index (χ0v) is 14.2. The third kappa shape index (κ3) is 4.14. The van der Waals surface area contributed by atoms with Gasteiger partial charge in [0.1, 0.15) is 5.82 Å². The van der Waals surface area contributed by atoms with Gasteiger partial charge in [-0.25, -0.2) is 0 Å². The fraction of sp³-hybridized carbons (Fsp3) is 0.778. The zero-order chi connectivity index (χ0) is 16.3. The molecule has 1 aromatic heterocycles. The molecule has 2 aliphatic carbocycles. The third-order valence-corrected chi connectivity index (χ3v) is 5.46. The summed E-state index contributed by atoms with van der Waals surface area (Å²) in [4.78, 5) is 12.3. The lowest BCUT2D eigenvalue weighted by molar-refractivity contribution is -0.122. The highest BCUT2D eigenvalue weighted by Crippen LogP contribution is 2.33. The van der Waals surface area contributed by atoms with Gasteiger partial charge in [-0.1, -0.05) is 38.5 Å². The predicted molar refractivity (Wildman–Crippen MR) is 90.3 cm³/mol. The molecule has 1 heterocycles. The Morgan fingerprint density at radius 3 is 2.61 bits per heavy atom. The third-order valence-electron chi connectivity index (χ3n) is 5.46. The lowest BCUT2D eigenvalue weighted by atomic mass is 9.82. The molecule has 1 aromatic rings. The molecule has 0 saturated heterocycles. The summed E-state index contributed by atoms with van der Waals surface area (Å²) in [7, 11) is 1.87. The summed E-state index contributed by atoms with van der Waals surface area (Å²) >= 11 is 0. The van der Waals surface area contributed by atoms with Gasteiger partial charge < -0.3 is 10.4 Å². The van der Waals surface area contributed by atoms with Crippen molar-refractivity contribution in [2.75, 3.05) is 5.32 Å². The van der Waals surface area contributed by atoms with Gasteiger partial charge >= 0.3 is 0 Å². The first-order chi connectivity index (χ1) is 11.1. The second-order valence-corrected chi connectivity index (χ2v) is 7.42. The summed E-state index contributed by atoms with van der Waals surface area (Å²) < 4.78 is 1.76. The topological polar surface area (TPSA) is 67.2 Å². The molecule has 0 unspecified atom stereocenters. The number of hydrogen-bond donors (Lipinski definition) is 2. The predicted octanol–water partition coefficient (Wildman–Crippen LogP) is 3.49. The highest BCUT2D eigenvalue weighted by molar-refractivity contribution is 5.90. The van der Waals surface area contributed by atoms with Crippen molar-refractivity contribution in [2.45, 2.75) is 82.1 Å². The largest absolute Gasteiger partial charge is 0.389 e. The summed E-state index contributed by atoms with van der Waals surface area (Å²) in [5, 5.41) is 18.0. The minimum absolute atomic E-state index is 0.104. The standard InChI is InChI=1S/C18H29N3O2/c1-21-16(12-15(20-21)14-8-4-2-5-9-14)19-17(22)13-18(23)10-6-3-7-11-18/h12,14,23H,2-11,13H2,1H3,(H,19,22). The van der Waals surface area contributed by atoms with Crippen molar-refractivity contribution in [2.24, 2.45) is 7.05 Å². The molecule has 5 heteroatoms. The van der Waals surface area contributed by atoms with Crippen LogP contribution < -0.4 is 5.32 Å². The smallest absolute Gasteiger partial charge is 0.228 e. The zero-order valence-electron chi connectivity index (χ0n) is 14.2. The van der Waals surface area contributed by atoms with Crippen molar-refractivity contribution >= 4 is 11.7 Å². The van der Waals surface area contributed by atoms with E-state index in [1.807, 2.05) is 13.1 Å². The van der Waals surface area contributed by atoms with Crippen molar-refractivity contribution in [1.82, 2.24) is 9.78 Å². The number of anilines is 1. The van der Waals surface area contributed by atoms with Crippen LogP contribution in [0.4, 0.5) is 5.82 Å². The maximum atomic E-state index is 12.3. The van der Waals surface area contributed by atoms with Crippen LogP contribution in [0.15, 0.2) is 6.07 Å². The Balaban J connectivity index is 1.60. The van der Waals surface area contributed by atoms with Gasteiger partial charge in [0.15, 0.2) is 0 Å². The number of nitrogens with one attached hydrogen (secondary N) is 1. The summed E-state index contributed by atoms with van der Waals surface area (Å²) in [5.41, 5.74) is 0.284. The van der Waals surface area contributed by atoms with Crippen LogP contribution in [0, 0.1) is 0 Å². The Kier molecular flexibility index (Phi) is 5.05. The van der Waals surface area contributed by atoms with Gasteiger partial charge in [-0.2, -0.15) is 5.10 Å². The Morgan fingerprint density at radius 1 is 1.26 bits per heavy atom. The Labute approximate surface area is 138 Å². The van der Waals surface area contributed by atoms with E-state index in [1.165, 1.54) is 32.1 Å². The van der Waals surface area contributed by atoms with E-state index < -0.39 is 5.60 Å². The van der Waals surface area contributed by atoms with Crippen molar-refractivity contribution in [3.05, 3.63) is 11.8 Å². The molecule has 0 aliphatic heterocycles. The number of carbonyl (C=O) groups excluding carboxylic acids is 1. The van der Waals surface area contributed by atoms with Crippen LogP contribution in [0.3, 0.4) is 0 Å². The van der Waals surface area contributed by atoms with E-state index in [0.29, 0.717) is 5.92 Å². The maximum absolute atomic E-state index is 12.3. The first-order valence-electron chi connectivity index (χ1n) is 9.12. The second-order valence-electron chi connectivity index (χ2n) is 7.42. The molecule has 128 valence electrons. The molecule has 1 amide bonds. The SMILES string of the molecule is Cn1nc(C2CCCCC2)cc1NC(=O)CC1(O)CCCCC1. The van der Waals surface area contributed by atoms with Gasteiger partial charge in [-0.3, -0.25) is 9.48 Å². The van der Waals surface area contributed by atoms with Crippen molar-refractivity contribution < 1.29 is 9.90 Å². The summed E-state index contributed by atoms with van der Waals surface area (Å²) in [6.07, 6.45) is 11.1. The van der Waals surface area contributed by atoms with E-state index in [-0.39, 0.29) is 12.3 Å². The molecule has 2 saturated carbocycles. The number of aromatic nitrogens is 2. The minimum Gasteiger partial charge on any atom is -0.389 e. The summed E-state index contributed by atoms with van der Waals surface area (Å²) in [6.45, 7) is 0. The van der Waals surface area contributed by atoms with Crippen LogP contribution in [-0.2, 0) is 11.8 Å². The molecule has 0 atom stereocenters. The summed E-state index contributed by atoms with van der Waals surface area (Å²) in [5.74, 6) is 1.17. The Bertz CT molecular complexity index is 540. The number of rotatable bonds is 4. The molecule has 0 aromatic carbocycles. The highest BCUT2D eigenvalue weighted by atomic mass is 16.3. The highest BCUT2D eigenvalue weighted by Gasteiger charge is 2.32. The molecule has 0 radical (unpaired) electrons. The van der Waals surface area contributed by atoms with Gasteiger partial charge in [0.2, 0.25) is 5.91 Å².